The minimum atomic E-state index is -1.57. The number of hydrogen-bond donors (Lipinski definition) is 1. The third-order valence-corrected chi connectivity index (χ3v) is 0.133. The predicted octanol–water partition coefficient (Wildman–Crippen LogP) is 0.162. The first kappa shape index (κ1) is 4.76. The highest BCUT2D eigenvalue weighted by Crippen LogP contribution is 1.65. The van der Waals surface area contributed by atoms with Crippen molar-refractivity contribution < 1.29 is 14.6 Å². The van der Waals surface area contributed by atoms with Crippen molar-refractivity contribution >= 4 is 6.16 Å². The summed E-state index contributed by atoms with van der Waals surface area (Å²) in [5, 5.41) is 14.9. The monoisotopic (exact) mass is 87.0 g/mol. The molecule has 6 heavy (non-hydrogen) atoms. The Morgan fingerprint density at radius 3 is 2.50 bits per heavy atom. The van der Waals surface area contributed by atoms with E-state index in [1.807, 2.05) is 0 Å². The van der Waals surface area contributed by atoms with Gasteiger partial charge in [-0.05, 0) is 0 Å². The normalized spacial score (nSPS) is 5.83. The molecule has 0 aromatic rings. The van der Waals surface area contributed by atoms with Crippen LogP contribution in [0.25, 0.3) is 0 Å². The van der Waals surface area contributed by atoms with E-state index in [0.717, 1.165) is 6.26 Å². The Kier molecular flexibility index (Phi) is 1.61. The summed E-state index contributed by atoms with van der Waals surface area (Å²) >= 11 is 0. The molecular formula is C2HNO3. The summed E-state index contributed by atoms with van der Waals surface area (Å²) in [6.07, 6.45) is -0.604. The molecule has 0 spiro atoms. The van der Waals surface area contributed by atoms with Gasteiger partial charge in [0.25, 0.3) is 6.26 Å². The smallest absolute Gasteiger partial charge is 0.449 e. The molecule has 0 aliphatic rings. The number of ether oxygens (including phenoxy) is 1. The van der Waals surface area contributed by atoms with Crippen molar-refractivity contribution in [3.8, 4) is 6.26 Å². The Balaban J connectivity index is 3.13. The van der Waals surface area contributed by atoms with E-state index in [2.05, 4.69) is 4.74 Å². The van der Waals surface area contributed by atoms with E-state index in [-0.39, 0.29) is 0 Å². The molecule has 0 atom stereocenters. The summed E-state index contributed by atoms with van der Waals surface area (Å²) in [6.45, 7) is 0. The van der Waals surface area contributed by atoms with Crippen molar-refractivity contribution in [1.29, 1.82) is 5.26 Å². The quantitative estimate of drug-likeness (QED) is 0.337. The molecule has 0 aliphatic carbocycles. The lowest BCUT2D eigenvalue weighted by Gasteiger charge is -1.73. The zero-order valence-corrected chi connectivity index (χ0v) is 2.71. The number of nitrogens with zero attached hydrogens (tertiary/aromatic N) is 1. The SMILES string of the molecule is N#COC(=O)O. The van der Waals surface area contributed by atoms with Crippen LogP contribution in [0.15, 0.2) is 0 Å². The van der Waals surface area contributed by atoms with Gasteiger partial charge >= 0.3 is 6.16 Å². The van der Waals surface area contributed by atoms with E-state index in [4.69, 9.17) is 15.2 Å². The molecule has 0 aliphatic heterocycles. The molecule has 0 radical (unpaired) electrons. The molecule has 0 fully saturated rings. The van der Waals surface area contributed by atoms with E-state index in [1.165, 1.54) is 0 Å². The van der Waals surface area contributed by atoms with Crippen LogP contribution in [0.3, 0.4) is 0 Å². The van der Waals surface area contributed by atoms with Gasteiger partial charge in [0.15, 0.2) is 0 Å². The molecule has 0 unspecified atom stereocenters. The molecule has 0 saturated carbocycles. The van der Waals surface area contributed by atoms with Crippen LogP contribution in [-0.4, -0.2) is 11.3 Å². The number of carbonyl (C=O) groups is 1. The molecule has 0 aromatic carbocycles. The molecule has 4 heteroatoms. The molecule has 0 rings (SSSR count). The number of carboxylic acid groups (broad SMARTS) is 1. The number of nitriles is 1. The van der Waals surface area contributed by atoms with Crippen molar-refractivity contribution in [3.63, 3.8) is 0 Å². The molecule has 0 aromatic heterocycles. The van der Waals surface area contributed by atoms with Crippen molar-refractivity contribution in [2.24, 2.45) is 0 Å². The maximum absolute atomic E-state index is 9.15. The Bertz CT molecular complexity index is 91.5. The van der Waals surface area contributed by atoms with Gasteiger partial charge in [-0.25, -0.2) is 4.79 Å². The first-order valence-corrected chi connectivity index (χ1v) is 1.06. The molecular weight excluding hydrogens is 86.0 g/mol. The third-order valence-electron chi connectivity index (χ3n) is 0.133. The number of rotatable bonds is 0. The summed E-state index contributed by atoms with van der Waals surface area (Å²) in [4.78, 5) is 9.15. The lowest BCUT2D eigenvalue weighted by atomic mass is 11.3. The molecule has 1 N–H and O–H groups in total. The van der Waals surface area contributed by atoms with Gasteiger partial charge in [0.05, 0.1) is 0 Å². The highest BCUT2D eigenvalue weighted by molar-refractivity contribution is 5.57. The van der Waals surface area contributed by atoms with E-state index in [1.54, 1.807) is 0 Å². The van der Waals surface area contributed by atoms with E-state index >= 15 is 0 Å². The second kappa shape index (κ2) is 2.03. The molecule has 32 valence electrons. The minimum Gasteiger partial charge on any atom is -0.449 e. The van der Waals surface area contributed by atoms with Crippen molar-refractivity contribution in [2.45, 2.75) is 0 Å². The van der Waals surface area contributed by atoms with Crippen LogP contribution in [0, 0.1) is 11.5 Å². The molecule has 0 amide bonds. The first-order chi connectivity index (χ1) is 2.77. The van der Waals surface area contributed by atoms with Crippen LogP contribution >= 0.6 is 0 Å². The van der Waals surface area contributed by atoms with Gasteiger partial charge in [-0.3, -0.25) is 0 Å². The lowest BCUT2D eigenvalue weighted by molar-refractivity contribution is 0.133. The second-order valence-electron chi connectivity index (χ2n) is 0.459. The summed E-state index contributed by atoms with van der Waals surface area (Å²) in [7, 11) is 0. The predicted molar refractivity (Wildman–Crippen MR) is 14.7 cm³/mol. The average molecular weight is 87.0 g/mol. The molecule has 4 nitrogen and oxygen atoms in total. The highest BCUT2D eigenvalue weighted by Gasteiger charge is 1.87. The highest BCUT2D eigenvalue weighted by atomic mass is 16.7. The Morgan fingerprint density at radius 1 is 2.00 bits per heavy atom. The van der Waals surface area contributed by atoms with Gasteiger partial charge in [-0.2, -0.15) is 0 Å². The molecule has 0 bridgehead atoms. The van der Waals surface area contributed by atoms with Crippen molar-refractivity contribution in [1.82, 2.24) is 0 Å². The first-order valence-electron chi connectivity index (χ1n) is 1.06. The summed E-state index contributed by atoms with van der Waals surface area (Å²) in [5.74, 6) is 0. The minimum absolute atomic E-state index is 0.968. The van der Waals surface area contributed by atoms with Crippen molar-refractivity contribution in [2.75, 3.05) is 0 Å². The topological polar surface area (TPSA) is 70.3 Å². The van der Waals surface area contributed by atoms with Crippen LogP contribution in [0.2, 0.25) is 0 Å². The fraction of sp³-hybridized carbons (Fsp3) is 0. The van der Waals surface area contributed by atoms with Crippen LogP contribution in [0.1, 0.15) is 0 Å². The van der Waals surface area contributed by atoms with Gasteiger partial charge in [-0.1, -0.05) is 0 Å². The van der Waals surface area contributed by atoms with E-state index in [9.17, 15) is 0 Å². The summed E-state index contributed by atoms with van der Waals surface area (Å²) < 4.78 is 3.26. The summed E-state index contributed by atoms with van der Waals surface area (Å²) in [5.41, 5.74) is 0. The van der Waals surface area contributed by atoms with Gasteiger partial charge in [0, 0.05) is 0 Å². The van der Waals surface area contributed by atoms with Gasteiger partial charge in [0.1, 0.15) is 0 Å². The average Bonchev–Trinajstić information content (AvgIpc) is 1.35. The van der Waals surface area contributed by atoms with Gasteiger partial charge in [0.2, 0.25) is 0 Å². The largest absolute Gasteiger partial charge is 0.521 e. The fourth-order valence-corrected chi connectivity index (χ4v) is 0.0390. The van der Waals surface area contributed by atoms with E-state index in [0.29, 0.717) is 0 Å². The Morgan fingerprint density at radius 2 is 2.50 bits per heavy atom. The van der Waals surface area contributed by atoms with Gasteiger partial charge in [-0.15, -0.1) is 5.26 Å². The van der Waals surface area contributed by atoms with E-state index < -0.39 is 6.16 Å². The molecule has 0 heterocycles. The zero-order valence-electron chi connectivity index (χ0n) is 2.71. The zero-order chi connectivity index (χ0) is 4.99. The summed E-state index contributed by atoms with van der Waals surface area (Å²) in [6, 6.07) is 0. The van der Waals surface area contributed by atoms with Crippen LogP contribution < -0.4 is 0 Å². The molecule has 0 saturated heterocycles. The second-order valence-corrected chi connectivity index (χ2v) is 0.459. The van der Waals surface area contributed by atoms with Crippen LogP contribution in [0.4, 0.5) is 4.79 Å². The lowest BCUT2D eigenvalue weighted by Crippen LogP contribution is -1.90. The van der Waals surface area contributed by atoms with Crippen LogP contribution in [-0.2, 0) is 4.74 Å². The fourth-order valence-electron chi connectivity index (χ4n) is 0.0390. The maximum atomic E-state index is 9.15. The number of hydrogen-bond acceptors (Lipinski definition) is 3. The Labute approximate surface area is 33.6 Å². The van der Waals surface area contributed by atoms with Crippen molar-refractivity contribution in [3.05, 3.63) is 0 Å². The Hall–Kier alpha value is -1.24. The standard InChI is InChI=1S/C2HNO3/c3-1-6-2(4)5/h(H,4,5). The van der Waals surface area contributed by atoms with Gasteiger partial charge < -0.3 is 9.84 Å². The van der Waals surface area contributed by atoms with Crippen LogP contribution in [0.5, 0.6) is 0 Å². The third kappa shape index (κ3) is 2.76. The maximum Gasteiger partial charge on any atom is 0.521 e.